The summed E-state index contributed by atoms with van der Waals surface area (Å²) < 4.78 is 1.10. The number of hydrogen-bond acceptors (Lipinski definition) is 3. The molecule has 0 fully saturated rings. The van der Waals surface area contributed by atoms with Crippen molar-refractivity contribution in [1.29, 1.82) is 0 Å². The van der Waals surface area contributed by atoms with Crippen molar-refractivity contribution in [3.05, 3.63) is 56.7 Å². The second-order valence-corrected chi connectivity index (χ2v) is 6.56. The molecule has 2 nitrogen and oxygen atoms in total. The van der Waals surface area contributed by atoms with Crippen molar-refractivity contribution in [3.63, 3.8) is 0 Å². The lowest BCUT2D eigenvalue weighted by molar-refractivity contribution is 0.254. The summed E-state index contributed by atoms with van der Waals surface area (Å²) in [7, 11) is 2.15. The van der Waals surface area contributed by atoms with Crippen molar-refractivity contribution in [2.45, 2.75) is 12.5 Å². The van der Waals surface area contributed by atoms with Gasteiger partial charge >= 0.3 is 0 Å². The van der Waals surface area contributed by atoms with Crippen LogP contribution >= 0.6 is 27.3 Å². The summed E-state index contributed by atoms with van der Waals surface area (Å²) in [5.74, 6) is 0. The van der Waals surface area contributed by atoms with Gasteiger partial charge in [-0.1, -0.05) is 34.1 Å². The van der Waals surface area contributed by atoms with Crippen LogP contribution in [0.1, 0.15) is 16.5 Å². The summed E-state index contributed by atoms with van der Waals surface area (Å²) in [4.78, 5) is 3.77. The molecule has 0 radical (unpaired) electrons. The highest BCUT2D eigenvalue weighted by Gasteiger charge is 2.15. The van der Waals surface area contributed by atoms with Crippen LogP contribution in [0.5, 0.6) is 0 Å². The summed E-state index contributed by atoms with van der Waals surface area (Å²) >= 11 is 5.28. The van der Waals surface area contributed by atoms with E-state index in [9.17, 15) is 0 Å². The standard InChI is InChI=1S/C15H19BrN2S/c1-18(9-8-14-3-2-10-19-14)15(11-17)12-4-6-13(16)7-5-12/h2-7,10,15H,8-9,11,17H2,1H3. The molecule has 102 valence electrons. The van der Waals surface area contributed by atoms with Gasteiger partial charge in [-0.05, 0) is 42.6 Å². The zero-order valence-electron chi connectivity index (χ0n) is 11.1. The molecular formula is C15H19BrN2S. The minimum absolute atomic E-state index is 0.285. The predicted octanol–water partition coefficient (Wildman–Crippen LogP) is 3.68. The fourth-order valence-corrected chi connectivity index (χ4v) is 3.12. The van der Waals surface area contributed by atoms with Gasteiger partial charge in [-0.25, -0.2) is 0 Å². The zero-order valence-corrected chi connectivity index (χ0v) is 13.5. The van der Waals surface area contributed by atoms with E-state index in [4.69, 9.17) is 5.73 Å². The number of rotatable bonds is 6. The van der Waals surface area contributed by atoms with Crippen LogP contribution in [-0.4, -0.2) is 25.0 Å². The molecular weight excluding hydrogens is 320 g/mol. The average Bonchev–Trinajstić information content (AvgIpc) is 2.92. The molecule has 1 aromatic heterocycles. The summed E-state index contributed by atoms with van der Waals surface area (Å²) in [5, 5.41) is 2.13. The van der Waals surface area contributed by atoms with Gasteiger partial charge in [0.15, 0.2) is 0 Å². The minimum atomic E-state index is 0.285. The van der Waals surface area contributed by atoms with Crippen molar-refractivity contribution < 1.29 is 0 Å². The highest BCUT2D eigenvalue weighted by molar-refractivity contribution is 9.10. The fraction of sp³-hybridized carbons (Fsp3) is 0.333. The third-order valence-corrected chi connectivity index (χ3v) is 4.77. The van der Waals surface area contributed by atoms with Gasteiger partial charge in [-0.2, -0.15) is 0 Å². The van der Waals surface area contributed by atoms with E-state index in [2.05, 4.69) is 69.7 Å². The number of benzene rings is 1. The Bertz CT molecular complexity index is 481. The maximum atomic E-state index is 5.94. The van der Waals surface area contributed by atoms with E-state index in [1.54, 1.807) is 0 Å². The predicted molar refractivity (Wildman–Crippen MR) is 86.6 cm³/mol. The number of halogens is 1. The van der Waals surface area contributed by atoms with Crippen LogP contribution in [0.25, 0.3) is 0 Å². The van der Waals surface area contributed by atoms with E-state index < -0.39 is 0 Å². The van der Waals surface area contributed by atoms with Crippen LogP contribution in [0.15, 0.2) is 46.3 Å². The molecule has 0 aliphatic rings. The topological polar surface area (TPSA) is 29.3 Å². The molecule has 19 heavy (non-hydrogen) atoms. The van der Waals surface area contributed by atoms with Gasteiger partial charge in [-0.15, -0.1) is 11.3 Å². The normalized spacial score (nSPS) is 12.8. The maximum absolute atomic E-state index is 5.94. The maximum Gasteiger partial charge on any atom is 0.0467 e. The van der Waals surface area contributed by atoms with E-state index in [1.807, 2.05) is 11.3 Å². The first-order valence-electron chi connectivity index (χ1n) is 6.39. The monoisotopic (exact) mass is 338 g/mol. The van der Waals surface area contributed by atoms with E-state index >= 15 is 0 Å². The van der Waals surface area contributed by atoms with Gasteiger partial charge in [0.1, 0.15) is 0 Å². The van der Waals surface area contributed by atoms with Gasteiger partial charge in [-0.3, -0.25) is 4.90 Å². The molecule has 0 bridgehead atoms. The second kappa shape index (κ2) is 7.20. The van der Waals surface area contributed by atoms with Crippen LogP contribution in [0.3, 0.4) is 0 Å². The van der Waals surface area contributed by atoms with Crippen LogP contribution < -0.4 is 5.73 Å². The number of thiophene rings is 1. The van der Waals surface area contributed by atoms with Crippen LogP contribution in [0.4, 0.5) is 0 Å². The van der Waals surface area contributed by atoms with Crippen molar-refractivity contribution in [1.82, 2.24) is 4.90 Å². The van der Waals surface area contributed by atoms with E-state index in [0.717, 1.165) is 17.4 Å². The molecule has 0 spiro atoms. The summed E-state index contributed by atoms with van der Waals surface area (Å²) in [6, 6.07) is 13.0. The molecule has 0 saturated heterocycles. The first-order valence-corrected chi connectivity index (χ1v) is 8.06. The lowest BCUT2D eigenvalue weighted by Gasteiger charge is -2.27. The quantitative estimate of drug-likeness (QED) is 0.870. The Morgan fingerprint density at radius 2 is 2.00 bits per heavy atom. The molecule has 4 heteroatoms. The highest BCUT2D eigenvalue weighted by atomic mass is 79.9. The van der Waals surface area contributed by atoms with Crippen molar-refractivity contribution >= 4 is 27.3 Å². The molecule has 2 aromatic rings. The lowest BCUT2D eigenvalue weighted by Crippen LogP contribution is -2.32. The van der Waals surface area contributed by atoms with Gasteiger partial charge in [0.05, 0.1) is 0 Å². The summed E-state index contributed by atoms with van der Waals surface area (Å²) in [5.41, 5.74) is 7.22. The third kappa shape index (κ3) is 4.14. The molecule has 0 aliphatic carbocycles. The Morgan fingerprint density at radius 3 is 2.58 bits per heavy atom. The van der Waals surface area contributed by atoms with E-state index in [1.165, 1.54) is 10.4 Å². The SMILES string of the molecule is CN(CCc1cccs1)C(CN)c1ccc(Br)cc1. The summed E-state index contributed by atoms with van der Waals surface area (Å²) in [6.45, 7) is 1.67. The number of hydrogen-bond donors (Lipinski definition) is 1. The molecule has 2 rings (SSSR count). The Balaban J connectivity index is 1.98. The number of nitrogens with zero attached hydrogens (tertiary/aromatic N) is 1. The van der Waals surface area contributed by atoms with Gasteiger partial charge in [0.2, 0.25) is 0 Å². The molecule has 0 amide bonds. The number of likely N-dealkylation sites (N-methyl/N-ethyl adjacent to an activating group) is 1. The first-order chi connectivity index (χ1) is 9.20. The summed E-state index contributed by atoms with van der Waals surface area (Å²) in [6.07, 6.45) is 1.08. The Morgan fingerprint density at radius 1 is 1.26 bits per heavy atom. The molecule has 0 saturated carbocycles. The second-order valence-electron chi connectivity index (χ2n) is 4.61. The van der Waals surface area contributed by atoms with Crippen LogP contribution in [0.2, 0.25) is 0 Å². The highest BCUT2D eigenvalue weighted by Crippen LogP contribution is 2.21. The largest absolute Gasteiger partial charge is 0.329 e. The molecule has 1 aromatic carbocycles. The van der Waals surface area contributed by atoms with Gasteiger partial charge in [0.25, 0.3) is 0 Å². The van der Waals surface area contributed by atoms with Gasteiger partial charge < -0.3 is 5.73 Å². The van der Waals surface area contributed by atoms with Crippen molar-refractivity contribution in [2.24, 2.45) is 5.73 Å². The Labute approximate surface area is 127 Å². The fourth-order valence-electron chi connectivity index (χ4n) is 2.15. The molecule has 1 unspecified atom stereocenters. The smallest absolute Gasteiger partial charge is 0.0467 e. The van der Waals surface area contributed by atoms with Crippen LogP contribution in [-0.2, 0) is 6.42 Å². The van der Waals surface area contributed by atoms with E-state index in [-0.39, 0.29) is 6.04 Å². The number of nitrogens with two attached hydrogens (primary N) is 1. The van der Waals surface area contributed by atoms with Crippen molar-refractivity contribution in [3.8, 4) is 0 Å². The Hall–Kier alpha value is -0.680. The van der Waals surface area contributed by atoms with Gasteiger partial charge in [0, 0.05) is 28.5 Å². The molecule has 2 N–H and O–H groups in total. The van der Waals surface area contributed by atoms with Crippen molar-refractivity contribution in [2.75, 3.05) is 20.1 Å². The molecule has 1 heterocycles. The molecule has 1 atom stereocenters. The van der Waals surface area contributed by atoms with Crippen LogP contribution in [0, 0.1) is 0 Å². The Kier molecular flexibility index (Phi) is 5.58. The average molecular weight is 339 g/mol. The lowest BCUT2D eigenvalue weighted by atomic mass is 10.1. The third-order valence-electron chi connectivity index (χ3n) is 3.30. The van der Waals surface area contributed by atoms with E-state index in [0.29, 0.717) is 6.54 Å². The zero-order chi connectivity index (χ0) is 13.7. The first kappa shape index (κ1) is 14.7. The molecule has 0 aliphatic heterocycles. The minimum Gasteiger partial charge on any atom is -0.329 e.